The lowest BCUT2D eigenvalue weighted by Gasteiger charge is -2.33. The van der Waals surface area contributed by atoms with E-state index in [0.717, 1.165) is 25.9 Å². The number of hydrazine groups is 1. The van der Waals surface area contributed by atoms with Crippen molar-refractivity contribution in [1.82, 2.24) is 9.91 Å². The van der Waals surface area contributed by atoms with Crippen LogP contribution in [0.3, 0.4) is 0 Å². The minimum absolute atomic E-state index is 0.444. The number of methoxy groups -OCH3 is 1. The Bertz CT molecular complexity index is 710. The van der Waals surface area contributed by atoms with E-state index < -0.39 is 0 Å². The Morgan fingerprint density at radius 3 is 2.50 bits per heavy atom. The normalized spacial score (nSPS) is 15.6. The summed E-state index contributed by atoms with van der Waals surface area (Å²) < 4.78 is 5.18. The number of hydrogen-bond acceptors (Lipinski definition) is 7. The zero-order valence-electron chi connectivity index (χ0n) is 15.8. The van der Waals surface area contributed by atoms with Crippen LogP contribution in [0.5, 0.6) is 5.75 Å². The van der Waals surface area contributed by atoms with Crippen molar-refractivity contribution in [3.05, 3.63) is 35.1 Å². The van der Waals surface area contributed by atoms with Gasteiger partial charge in [-0.3, -0.25) is 0 Å². The fourth-order valence-corrected chi connectivity index (χ4v) is 2.84. The van der Waals surface area contributed by atoms with Gasteiger partial charge in [-0.05, 0) is 38.0 Å². The molecule has 3 N–H and O–H groups in total. The van der Waals surface area contributed by atoms with Crippen molar-refractivity contribution < 1.29 is 4.74 Å². The smallest absolute Gasteiger partial charge is 0.232 e. The third kappa shape index (κ3) is 4.68. The van der Waals surface area contributed by atoms with E-state index in [1.165, 1.54) is 5.01 Å². The second kappa shape index (κ2) is 9.45. The molecule has 0 radical (unpaired) electrons. The van der Waals surface area contributed by atoms with Crippen molar-refractivity contribution in [1.29, 1.82) is 0 Å². The zero-order chi connectivity index (χ0) is 19.1. The highest BCUT2D eigenvalue weighted by atomic mass is 35.5. The van der Waals surface area contributed by atoms with E-state index in [9.17, 15) is 0 Å². The van der Waals surface area contributed by atoms with Crippen LogP contribution in [-0.2, 0) is 0 Å². The van der Waals surface area contributed by atoms with E-state index in [2.05, 4.69) is 34.0 Å². The Morgan fingerprint density at radius 1 is 1.27 bits per heavy atom. The van der Waals surface area contributed by atoms with Crippen LogP contribution >= 0.6 is 11.6 Å². The maximum absolute atomic E-state index is 6.32. The van der Waals surface area contributed by atoms with Crippen molar-refractivity contribution >= 4 is 29.2 Å². The van der Waals surface area contributed by atoms with Gasteiger partial charge >= 0.3 is 0 Å². The van der Waals surface area contributed by atoms with Gasteiger partial charge in [0.2, 0.25) is 11.9 Å². The fourth-order valence-electron chi connectivity index (χ4n) is 2.62. The first-order valence-corrected chi connectivity index (χ1v) is 9.15. The van der Waals surface area contributed by atoms with Gasteiger partial charge in [0.05, 0.1) is 17.8 Å². The Morgan fingerprint density at radius 2 is 1.96 bits per heavy atom. The maximum Gasteiger partial charge on any atom is 0.232 e. The van der Waals surface area contributed by atoms with Crippen LogP contribution in [0, 0.1) is 0 Å². The van der Waals surface area contributed by atoms with Gasteiger partial charge in [0.25, 0.3) is 0 Å². The Labute approximate surface area is 160 Å². The minimum Gasteiger partial charge on any atom is -0.497 e. The van der Waals surface area contributed by atoms with Gasteiger partial charge in [-0.15, -0.1) is 0 Å². The van der Waals surface area contributed by atoms with Gasteiger partial charge in [0, 0.05) is 19.2 Å². The molecule has 0 fully saturated rings. The summed E-state index contributed by atoms with van der Waals surface area (Å²) in [7, 11) is 1.60. The Hall–Kier alpha value is -2.25. The number of nitrogens with zero attached hydrogens (tertiary/aromatic N) is 4. The molecular formula is C18H27ClN6O. The number of allylic oxidation sites excluding steroid dienone is 1. The lowest BCUT2D eigenvalue weighted by molar-refractivity contribution is 0.348. The van der Waals surface area contributed by atoms with Gasteiger partial charge in [0.1, 0.15) is 11.6 Å². The molecule has 1 aromatic carbocycles. The summed E-state index contributed by atoms with van der Waals surface area (Å²) in [4.78, 5) is 11.3. The molecule has 142 valence electrons. The largest absolute Gasteiger partial charge is 0.497 e. The first-order chi connectivity index (χ1) is 12.5. The third-order valence-corrected chi connectivity index (χ3v) is 4.15. The highest BCUT2D eigenvalue weighted by molar-refractivity contribution is 6.34. The number of nitrogens with one attached hydrogen (secondary N) is 1. The number of anilines is 1. The van der Waals surface area contributed by atoms with E-state index in [1.807, 2.05) is 25.1 Å². The molecule has 0 unspecified atom stereocenters. The average molecular weight is 379 g/mol. The first-order valence-electron chi connectivity index (χ1n) is 8.78. The molecule has 0 bridgehead atoms. The van der Waals surface area contributed by atoms with Crippen LogP contribution < -0.4 is 15.9 Å². The number of aliphatic imine (C=N–C) groups is 2. The molecule has 2 rings (SSSR count). The van der Waals surface area contributed by atoms with Crippen LogP contribution in [0.15, 0.2) is 40.1 Å². The second-order valence-electron chi connectivity index (χ2n) is 5.82. The number of hydrogen-bond donors (Lipinski definition) is 2. The first kappa shape index (κ1) is 20.1. The average Bonchev–Trinajstić information content (AvgIpc) is 2.64. The quantitative estimate of drug-likeness (QED) is 0.739. The van der Waals surface area contributed by atoms with E-state index >= 15 is 0 Å². The molecule has 0 saturated carbocycles. The molecule has 1 heterocycles. The van der Waals surface area contributed by atoms with Crippen molar-refractivity contribution in [3.8, 4) is 5.75 Å². The number of nitrogens with two attached hydrogens (primary N) is 1. The number of benzene rings is 1. The topological polar surface area (TPSA) is 78.5 Å². The highest BCUT2D eigenvalue weighted by Gasteiger charge is 2.24. The molecule has 8 heteroatoms. The monoisotopic (exact) mass is 378 g/mol. The molecular weight excluding hydrogens is 352 g/mol. The molecule has 0 atom stereocenters. The molecule has 0 aliphatic carbocycles. The summed E-state index contributed by atoms with van der Waals surface area (Å²) in [5, 5.41) is 5.23. The summed E-state index contributed by atoms with van der Waals surface area (Å²) in [5.74, 6) is 8.66. The van der Waals surface area contributed by atoms with Gasteiger partial charge < -0.3 is 15.0 Å². The van der Waals surface area contributed by atoms with Crippen molar-refractivity contribution in [2.75, 3.05) is 25.5 Å². The minimum atomic E-state index is 0.444. The van der Waals surface area contributed by atoms with Crippen LogP contribution in [0.4, 0.5) is 5.69 Å². The summed E-state index contributed by atoms with van der Waals surface area (Å²) >= 11 is 6.32. The summed E-state index contributed by atoms with van der Waals surface area (Å²) in [6.07, 6.45) is 3.85. The van der Waals surface area contributed by atoms with Crippen LogP contribution in [0.1, 0.15) is 33.6 Å². The van der Waals surface area contributed by atoms with E-state index in [4.69, 9.17) is 22.2 Å². The van der Waals surface area contributed by atoms with Gasteiger partial charge in [-0.25, -0.2) is 10.9 Å². The summed E-state index contributed by atoms with van der Waals surface area (Å²) in [6, 6.07) is 5.40. The zero-order valence-corrected chi connectivity index (χ0v) is 16.5. The van der Waals surface area contributed by atoms with Crippen LogP contribution in [0.2, 0.25) is 5.02 Å². The molecule has 1 aromatic rings. The fraction of sp³-hybridized carbons (Fsp3) is 0.444. The van der Waals surface area contributed by atoms with Gasteiger partial charge in [-0.2, -0.15) is 9.98 Å². The molecule has 0 spiro atoms. The molecule has 0 aromatic heterocycles. The SMILES string of the molecule is C/C=C1/N=C(Nc2ccc(OC)cc2Cl)N=C(N(CCC)CCC)N1N. The standard InChI is InChI=1S/C18H27ClN6O/c1-5-10-24(11-6-2)18-23-17(22-16(7-3)25(18)20)21-15-9-8-13(26-4)12-14(15)19/h7-9,12H,5-6,10-11,20H2,1-4H3,(H,21,22)/b16-7-. The summed E-state index contributed by atoms with van der Waals surface area (Å²) in [6.45, 7) is 7.90. The summed E-state index contributed by atoms with van der Waals surface area (Å²) in [5.41, 5.74) is 0.702. The number of rotatable bonds is 6. The molecule has 1 aliphatic rings. The number of guanidine groups is 2. The maximum atomic E-state index is 6.32. The van der Waals surface area contributed by atoms with E-state index in [-0.39, 0.29) is 0 Å². The molecule has 0 amide bonds. The van der Waals surface area contributed by atoms with Crippen molar-refractivity contribution in [3.63, 3.8) is 0 Å². The second-order valence-corrected chi connectivity index (χ2v) is 6.23. The third-order valence-electron chi connectivity index (χ3n) is 3.84. The molecule has 7 nitrogen and oxygen atoms in total. The Balaban J connectivity index is 2.34. The molecule has 1 aliphatic heterocycles. The van der Waals surface area contributed by atoms with Gasteiger partial charge in [0.15, 0.2) is 0 Å². The van der Waals surface area contributed by atoms with Crippen LogP contribution in [0.25, 0.3) is 0 Å². The van der Waals surface area contributed by atoms with Crippen LogP contribution in [-0.4, -0.2) is 42.0 Å². The molecule has 0 saturated heterocycles. The number of halogens is 1. The van der Waals surface area contributed by atoms with Gasteiger partial charge in [-0.1, -0.05) is 25.4 Å². The van der Waals surface area contributed by atoms with Crippen molar-refractivity contribution in [2.45, 2.75) is 33.6 Å². The van der Waals surface area contributed by atoms with Crippen molar-refractivity contribution in [2.24, 2.45) is 15.8 Å². The lowest BCUT2D eigenvalue weighted by atomic mass is 10.3. The predicted octanol–water partition coefficient (Wildman–Crippen LogP) is 3.65. The highest BCUT2D eigenvalue weighted by Crippen LogP contribution is 2.27. The number of ether oxygens (including phenoxy) is 1. The van der Waals surface area contributed by atoms with E-state index in [1.54, 1.807) is 13.2 Å². The molecule has 26 heavy (non-hydrogen) atoms. The predicted molar refractivity (Wildman–Crippen MR) is 108 cm³/mol. The van der Waals surface area contributed by atoms with E-state index in [0.29, 0.717) is 34.2 Å². The lowest BCUT2D eigenvalue weighted by Crippen LogP contribution is -2.50. The Kier molecular flexibility index (Phi) is 7.29.